The molecule has 0 aliphatic heterocycles. The van der Waals surface area contributed by atoms with Crippen molar-refractivity contribution in [1.82, 2.24) is 0 Å². The maximum Gasteiger partial charge on any atom is 0.303 e. The van der Waals surface area contributed by atoms with Crippen molar-refractivity contribution in [2.45, 2.75) is 45.3 Å². The van der Waals surface area contributed by atoms with Gasteiger partial charge in [0.15, 0.2) is 0 Å². The fourth-order valence-corrected chi connectivity index (χ4v) is 2.92. The number of ether oxygens (including phenoxy) is 2. The lowest BCUT2D eigenvalue weighted by Gasteiger charge is -2.25. The van der Waals surface area contributed by atoms with E-state index in [1.165, 1.54) is 13.8 Å². The van der Waals surface area contributed by atoms with E-state index in [-0.39, 0.29) is 30.1 Å². The van der Waals surface area contributed by atoms with Crippen LogP contribution >= 0.6 is 0 Å². The van der Waals surface area contributed by atoms with Crippen LogP contribution in [0.4, 0.5) is 0 Å². The van der Waals surface area contributed by atoms with Crippen LogP contribution in [0.2, 0.25) is 0 Å². The molecule has 0 unspecified atom stereocenters. The van der Waals surface area contributed by atoms with Gasteiger partial charge >= 0.3 is 11.9 Å². The van der Waals surface area contributed by atoms with Crippen molar-refractivity contribution in [2.75, 3.05) is 0 Å². The summed E-state index contributed by atoms with van der Waals surface area (Å²) in [5.74, 6) is -0.588. The highest BCUT2D eigenvalue weighted by Crippen LogP contribution is 2.33. The summed E-state index contributed by atoms with van der Waals surface area (Å²) < 4.78 is 10.8. The fraction of sp³-hybridized carbons (Fsp3) is 0.444. The van der Waals surface area contributed by atoms with Crippen molar-refractivity contribution < 1.29 is 19.1 Å². The molecule has 118 valence electrons. The van der Waals surface area contributed by atoms with Gasteiger partial charge in [-0.2, -0.15) is 0 Å². The third kappa shape index (κ3) is 4.72. The highest BCUT2D eigenvalue weighted by molar-refractivity contribution is 5.67. The summed E-state index contributed by atoms with van der Waals surface area (Å²) in [6.45, 7) is 2.81. The molecule has 1 aromatic rings. The van der Waals surface area contributed by atoms with Gasteiger partial charge in [-0.1, -0.05) is 36.4 Å². The number of benzene rings is 1. The molecule has 0 N–H and O–H groups in total. The van der Waals surface area contributed by atoms with Crippen molar-refractivity contribution in [3.63, 3.8) is 0 Å². The van der Waals surface area contributed by atoms with Gasteiger partial charge in [0, 0.05) is 19.8 Å². The molecular weight excluding hydrogens is 280 g/mol. The molecule has 4 heteroatoms. The second-order valence-electron chi connectivity index (χ2n) is 5.59. The molecule has 1 fully saturated rings. The number of esters is 2. The Bertz CT molecular complexity index is 535. The number of carbonyl (C=O) groups is 2. The van der Waals surface area contributed by atoms with Crippen LogP contribution in [0.25, 0.3) is 6.08 Å². The van der Waals surface area contributed by atoms with Crippen LogP contribution in [-0.4, -0.2) is 24.1 Å². The fourth-order valence-electron chi connectivity index (χ4n) is 2.92. The zero-order chi connectivity index (χ0) is 15.9. The topological polar surface area (TPSA) is 52.6 Å². The molecule has 1 saturated carbocycles. The first-order valence-corrected chi connectivity index (χ1v) is 7.64. The van der Waals surface area contributed by atoms with E-state index in [9.17, 15) is 9.59 Å². The van der Waals surface area contributed by atoms with E-state index >= 15 is 0 Å². The Balaban J connectivity index is 2.13. The van der Waals surface area contributed by atoms with Crippen LogP contribution in [0.3, 0.4) is 0 Å². The molecule has 0 amide bonds. The second kappa shape index (κ2) is 7.78. The standard InChI is InChI=1S/C18H22O4/c1-13(19)21-17-10-6-9-16(17)18(22-14(2)20)12-11-15-7-4-3-5-8-15/h3-5,7-8,11-12,16-18H,6,9-10H2,1-2H3/b12-11+/t16-,17-,18-/m1/s1. The molecule has 0 radical (unpaired) electrons. The van der Waals surface area contributed by atoms with Gasteiger partial charge in [0.1, 0.15) is 12.2 Å². The lowest BCUT2D eigenvalue weighted by Crippen LogP contribution is -2.32. The van der Waals surface area contributed by atoms with Crippen molar-refractivity contribution in [2.24, 2.45) is 5.92 Å². The summed E-state index contributed by atoms with van der Waals surface area (Å²) >= 11 is 0. The lowest BCUT2D eigenvalue weighted by molar-refractivity contribution is -0.154. The summed E-state index contributed by atoms with van der Waals surface area (Å²) in [7, 11) is 0. The molecule has 0 saturated heterocycles. The van der Waals surface area contributed by atoms with Crippen molar-refractivity contribution in [3.05, 3.63) is 42.0 Å². The van der Waals surface area contributed by atoms with Crippen LogP contribution in [0, 0.1) is 5.92 Å². The monoisotopic (exact) mass is 302 g/mol. The zero-order valence-electron chi connectivity index (χ0n) is 13.0. The van der Waals surface area contributed by atoms with Gasteiger partial charge in [-0.25, -0.2) is 0 Å². The number of rotatable bonds is 5. The first-order valence-electron chi connectivity index (χ1n) is 7.64. The first kappa shape index (κ1) is 16.3. The van der Waals surface area contributed by atoms with E-state index in [1.54, 1.807) is 0 Å². The number of hydrogen-bond donors (Lipinski definition) is 0. The summed E-state index contributed by atoms with van der Waals surface area (Å²) in [5, 5.41) is 0. The number of carbonyl (C=O) groups excluding carboxylic acids is 2. The third-order valence-electron chi connectivity index (χ3n) is 3.82. The van der Waals surface area contributed by atoms with E-state index in [0.717, 1.165) is 24.8 Å². The van der Waals surface area contributed by atoms with E-state index in [0.29, 0.717) is 0 Å². The SMILES string of the molecule is CC(=O)O[C@H](/C=C/c1ccccc1)[C@@H]1CCC[C@H]1OC(C)=O. The highest BCUT2D eigenvalue weighted by atomic mass is 16.6. The van der Waals surface area contributed by atoms with Crippen LogP contribution in [0.15, 0.2) is 36.4 Å². The molecule has 0 spiro atoms. The molecule has 2 rings (SSSR count). The molecule has 4 nitrogen and oxygen atoms in total. The Morgan fingerprint density at radius 1 is 1.14 bits per heavy atom. The van der Waals surface area contributed by atoms with Gasteiger partial charge in [-0.05, 0) is 30.9 Å². The second-order valence-corrected chi connectivity index (χ2v) is 5.59. The molecule has 0 heterocycles. The highest BCUT2D eigenvalue weighted by Gasteiger charge is 2.36. The summed E-state index contributed by atoms with van der Waals surface area (Å²) in [6, 6.07) is 9.84. The molecule has 1 aliphatic carbocycles. The average molecular weight is 302 g/mol. The number of hydrogen-bond acceptors (Lipinski definition) is 4. The maximum absolute atomic E-state index is 11.4. The van der Waals surface area contributed by atoms with Crippen LogP contribution in [0.5, 0.6) is 0 Å². The minimum absolute atomic E-state index is 0.0211. The minimum atomic E-state index is -0.371. The van der Waals surface area contributed by atoms with Gasteiger partial charge in [0.25, 0.3) is 0 Å². The van der Waals surface area contributed by atoms with Crippen LogP contribution in [-0.2, 0) is 19.1 Å². The largest absolute Gasteiger partial charge is 0.462 e. The molecule has 0 bridgehead atoms. The van der Waals surface area contributed by atoms with Crippen molar-refractivity contribution in [3.8, 4) is 0 Å². The Labute approximate surface area is 131 Å². The molecule has 3 atom stereocenters. The average Bonchev–Trinajstić information content (AvgIpc) is 2.91. The van der Waals surface area contributed by atoms with Gasteiger partial charge in [0.05, 0.1) is 0 Å². The Kier molecular flexibility index (Phi) is 5.75. The normalized spacial score (nSPS) is 22.5. The van der Waals surface area contributed by atoms with E-state index in [1.807, 2.05) is 42.5 Å². The summed E-state index contributed by atoms with van der Waals surface area (Å²) in [6.07, 6.45) is 5.96. The Morgan fingerprint density at radius 3 is 2.50 bits per heavy atom. The predicted octanol–water partition coefficient (Wildman–Crippen LogP) is 3.36. The predicted molar refractivity (Wildman–Crippen MR) is 83.9 cm³/mol. The molecule has 1 aromatic carbocycles. The quantitative estimate of drug-likeness (QED) is 0.783. The van der Waals surface area contributed by atoms with Crippen molar-refractivity contribution >= 4 is 18.0 Å². The summed E-state index contributed by atoms with van der Waals surface area (Å²) in [4.78, 5) is 22.6. The van der Waals surface area contributed by atoms with Gasteiger partial charge in [0.2, 0.25) is 0 Å². The van der Waals surface area contributed by atoms with E-state index in [2.05, 4.69) is 0 Å². The molecular formula is C18H22O4. The summed E-state index contributed by atoms with van der Waals surface area (Å²) in [5.41, 5.74) is 1.04. The van der Waals surface area contributed by atoms with Crippen molar-refractivity contribution in [1.29, 1.82) is 0 Å². The third-order valence-corrected chi connectivity index (χ3v) is 3.82. The van der Waals surface area contributed by atoms with Crippen LogP contribution < -0.4 is 0 Å². The zero-order valence-corrected chi connectivity index (χ0v) is 13.0. The van der Waals surface area contributed by atoms with E-state index < -0.39 is 0 Å². The minimum Gasteiger partial charge on any atom is -0.462 e. The molecule has 22 heavy (non-hydrogen) atoms. The molecule has 0 aromatic heterocycles. The Hall–Kier alpha value is -2.10. The van der Waals surface area contributed by atoms with Gasteiger partial charge in [-0.3, -0.25) is 9.59 Å². The smallest absolute Gasteiger partial charge is 0.303 e. The van der Waals surface area contributed by atoms with Gasteiger partial charge < -0.3 is 9.47 Å². The first-order chi connectivity index (χ1) is 10.6. The lowest BCUT2D eigenvalue weighted by atomic mass is 9.97. The maximum atomic E-state index is 11.4. The van der Waals surface area contributed by atoms with Crippen LogP contribution in [0.1, 0.15) is 38.7 Å². The Morgan fingerprint density at radius 2 is 1.86 bits per heavy atom. The van der Waals surface area contributed by atoms with E-state index in [4.69, 9.17) is 9.47 Å². The molecule has 1 aliphatic rings. The van der Waals surface area contributed by atoms with Gasteiger partial charge in [-0.15, -0.1) is 0 Å².